The van der Waals surface area contributed by atoms with Crippen molar-refractivity contribution >= 4 is 73.1 Å². The van der Waals surface area contributed by atoms with Crippen molar-refractivity contribution in [2.24, 2.45) is 0 Å². The van der Waals surface area contributed by atoms with Crippen LogP contribution in [0.4, 0.5) is 16.5 Å². The number of aryl methyl sites for hydroxylation is 1. The number of amides is 1. The van der Waals surface area contributed by atoms with Crippen LogP contribution < -0.4 is 20.7 Å². The molecule has 0 aliphatic carbocycles. The largest absolute Gasteiger partial charge is 0.497 e. The van der Waals surface area contributed by atoms with Crippen LogP contribution in [0.1, 0.15) is 18.9 Å². The predicted octanol–water partition coefficient (Wildman–Crippen LogP) is 6.93. The molecular weight excluding hydrogens is 497 g/mol. The van der Waals surface area contributed by atoms with Gasteiger partial charge >= 0.3 is 0 Å². The molecule has 1 heterocycles. The number of thioether (sulfide) groups is 1. The number of hydrogen-bond donors (Lipinski definition) is 3. The van der Waals surface area contributed by atoms with Crippen molar-refractivity contribution in [2.75, 3.05) is 23.1 Å². The number of thiazole rings is 1. The number of aromatic nitrogens is 1. The first-order chi connectivity index (χ1) is 16.9. The van der Waals surface area contributed by atoms with Crippen LogP contribution in [0, 0.1) is 6.92 Å². The highest BCUT2D eigenvalue weighted by molar-refractivity contribution is 8.00. The third-order valence-corrected chi connectivity index (χ3v) is 7.66. The SMILES string of the molecule is CCC(Sc1cccc(NC(=S)Nc2ccc(C)cc2)c1)C(=O)Nc1nc2ccc(OC)cc2s1. The van der Waals surface area contributed by atoms with Gasteiger partial charge in [-0.1, -0.05) is 42.0 Å². The lowest BCUT2D eigenvalue weighted by Crippen LogP contribution is -2.24. The maximum atomic E-state index is 13.0. The van der Waals surface area contributed by atoms with E-state index < -0.39 is 0 Å². The number of methoxy groups -OCH3 is 1. The number of nitrogens with one attached hydrogen (secondary N) is 3. The first kappa shape index (κ1) is 25.0. The lowest BCUT2D eigenvalue weighted by atomic mass is 10.2. The normalized spacial score (nSPS) is 11.6. The zero-order chi connectivity index (χ0) is 24.8. The summed E-state index contributed by atoms with van der Waals surface area (Å²) < 4.78 is 6.24. The molecular formula is C26H26N4O2S3. The Bertz CT molecular complexity index is 1340. The quantitative estimate of drug-likeness (QED) is 0.171. The number of carbonyl (C=O) groups excluding carboxylic acids is 1. The van der Waals surface area contributed by atoms with Gasteiger partial charge in [-0.15, -0.1) is 11.8 Å². The highest BCUT2D eigenvalue weighted by Gasteiger charge is 2.20. The molecule has 0 aliphatic heterocycles. The third-order valence-electron chi connectivity index (χ3n) is 5.17. The molecule has 180 valence electrons. The van der Waals surface area contributed by atoms with Gasteiger partial charge in [0.25, 0.3) is 0 Å². The molecule has 6 nitrogen and oxygen atoms in total. The van der Waals surface area contributed by atoms with Gasteiger partial charge in [0.2, 0.25) is 5.91 Å². The molecule has 1 aromatic heterocycles. The van der Waals surface area contributed by atoms with Crippen molar-refractivity contribution in [1.82, 2.24) is 4.98 Å². The van der Waals surface area contributed by atoms with E-state index in [2.05, 4.69) is 20.9 Å². The fraction of sp³-hybridized carbons (Fsp3) is 0.192. The van der Waals surface area contributed by atoms with Gasteiger partial charge in [-0.3, -0.25) is 4.79 Å². The van der Waals surface area contributed by atoms with E-state index in [9.17, 15) is 4.79 Å². The zero-order valence-electron chi connectivity index (χ0n) is 19.6. The van der Waals surface area contributed by atoms with Crippen molar-refractivity contribution in [1.29, 1.82) is 0 Å². The summed E-state index contributed by atoms with van der Waals surface area (Å²) in [5.41, 5.74) is 3.81. The number of hydrogen-bond acceptors (Lipinski definition) is 6. The number of thiocarbonyl (C=S) groups is 1. The first-order valence-corrected chi connectivity index (χ1v) is 13.2. The summed E-state index contributed by atoms with van der Waals surface area (Å²) in [6.07, 6.45) is 0.681. The highest BCUT2D eigenvalue weighted by Crippen LogP contribution is 2.32. The monoisotopic (exact) mass is 522 g/mol. The molecule has 0 fully saturated rings. The maximum Gasteiger partial charge on any atom is 0.239 e. The van der Waals surface area contributed by atoms with E-state index in [4.69, 9.17) is 17.0 Å². The summed E-state index contributed by atoms with van der Waals surface area (Å²) in [5.74, 6) is 0.696. The fourth-order valence-electron chi connectivity index (χ4n) is 3.34. The minimum Gasteiger partial charge on any atom is -0.497 e. The van der Waals surface area contributed by atoms with Gasteiger partial charge in [0.15, 0.2) is 10.2 Å². The predicted molar refractivity (Wildman–Crippen MR) is 152 cm³/mol. The molecule has 3 aromatic carbocycles. The van der Waals surface area contributed by atoms with Gasteiger partial charge in [-0.2, -0.15) is 0 Å². The lowest BCUT2D eigenvalue weighted by molar-refractivity contribution is -0.115. The Kier molecular flexibility index (Phi) is 8.22. The molecule has 4 rings (SSSR count). The lowest BCUT2D eigenvalue weighted by Gasteiger charge is -2.15. The molecule has 0 bridgehead atoms. The molecule has 1 atom stereocenters. The molecule has 0 aliphatic rings. The summed E-state index contributed by atoms with van der Waals surface area (Å²) in [6, 6.07) is 21.6. The smallest absolute Gasteiger partial charge is 0.239 e. The Morgan fingerprint density at radius 3 is 2.57 bits per heavy atom. The molecule has 0 radical (unpaired) electrons. The number of ether oxygens (including phenoxy) is 1. The summed E-state index contributed by atoms with van der Waals surface area (Å²) in [6.45, 7) is 4.05. The second kappa shape index (κ2) is 11.5. The standard InChI is InChI=1S/C26H26N4O2S3/c1-4-22(24(31)30-26-29-21-13-12-19(32-3)15-23(21)35-26)34-20-7-5-6-18(14-20)28-25(33)27-17-10-8-16(2)9-11-17/h5-15,22H,4H2,1-3H3,(H2,27,28,33)(H,29,30,31). The average molecular weight is 523 g/mol. The number of carbonyl (C=O) groups is 1. The first-order valence-electron chi connectivity index (χ1n) is 11.1. The van der Waals surface area contributed by atoms with Crippen LogP contribution in [-0.2, 0) is 4.79 Å². The topological polar surface area (TPSA) is 75.3 Å². The van der Waals surface area contributed by atoms with Gasteiger partial charge in [0.1, 0.15) is 5.75 Å². The Hall–Kier alpha value is -3.14. The molecule has 3 N–H and O–H groups in total. The second-order valence-electron chi connectivity index (χ2n) is 7.83. The second-order valence-corrected chi connectivity index (χ2v) is 10.5. The number of nitrogens with zero attached hydrogens (tertiary/aromatic N) is 1. The van der Waals surface area contributed by atoms with Crippen LogP contribution in [0.3, 0.4) is 0 Å². The van der Waals surface area contributed by atoms with Gasteiger partial charge < -0.3 is 20.7 Å². The van der Waals surface area contributed by atoms with Gasteiger partial charge in [0.05, 0.1) is 22.6 Å². The third kappa shape index (κ3) is 6.72. The fourth-order valence-corrected chi connectivity index (χ4v) is 5.48. The number of fused-ring (bicyclic) bond motifs is 1. The molecule has 1 amide bonds. The highest BCUT2D eigenvalue weighted by atomic mass is 32.2. The summed E-state index contributed by atoms with van der Waals surface area (Å²) in [5, 5.41) is 10.2. The molecule has 4 aromatic rings. The van der Waals surface area contributed by atoms with E-state index in [0.29, 0.717) is 16.7 Å². The summed E-state index contributed by atoms with van der Waals surface area (Å²) >= 11 is 8.41. The molecule has 9 heteroatoms. The van der Waals surface area contributed by atoms with E-state index in [1.807, 2.05) is 80.6 Å². The summed E-state index contributed by atoms with van der Waals surface area (Å²) in [7, 11) is 1.63. The Morgan fingerprint density at radius 1 is 1.06 bits per heavy atom. The average Bonchev–Trinajstić information content (AvgIpc) is 3.25. The molecule has 0 saturated carbocycles. The number of anilines is 3. The van der Waals surface area contributed by atoms with E-state index in [0.717, 1.165) is 32.2 Å². The van der Waals surface area contributed by atoms with Gasteiger partial charge in [-0.05, 0) is 74.1 Å². The molecule has 0 spiro atoms. The van der Waals surface area contributed by atoms with E-state index in [1.54, 1.807) is 7.11 Å². The minimum atomic E-state index is -0.260. The Balaban J connectivity index is 1.38. The number of benzene rings is 3. The van der Waals surface area contributed by atoms with Crippen molar-refractivity contribution in [3.8, 4) is 5.75 Å². The van der Waals surface area contributed by atoms with Crippen LogP contribution in [0.25, 0.3) is 10.2 Å². The van der Waals surface area contributed by atoms with E-state index in [1.165, 1.54) is 28.7 Å². The van der Waals surface area contributed by atoms with E-state index in [-0.39, 0.29) is 11.2 Å². The van der Waals surface area contributed by atoms with Gasteiger partial charge in [0, 0.05) is 16.3 Å². The maximum absolute atomic E-state index is 13.0. The van der Waals surface area contributed by atoms with Crippen molar-refractivity contribution < 1.29 is 9.53 Å². The van der Waals surface area contributed by atoms with Crippen LogP contribution in [0.15, 0.2) is 71.6 Å². The van der Waals surface area contributed by atoms with Crippen LogP contribution >= 0.6 is 35.3 Å². The molecule has 1 unspecified atom stereocenters. The minimum absolute atomic E-state index is 0.0709. The Labute approximate surface area is 218 Å². The van der Waals surface area contributed by atoms with Crippen molar-refractivity contribution in [3.63, 3.8) is 0 Å². The number of rotatable bonds is 8. The Morgan fingerprint density at radius 2 is 1.83 bits per heavy atom. The molecule has 0 saturated heterocycles. The van der Waals surface area contributed by atoms with E-state index >= 15 is 0 Å². The van der Waals surface area contributed by atoms with Crippen molar-refractivity contribution in [3.05, 3.63) is 72.3 Å². The summed E-state index contributed by atoms with van der Waals surface area (Å²) in [4.78, 5) is 18.5. The van der Waals surface area contributed by atoms with Gasteiger partial charge in [-0.25, -0.2) is 4.98 Å². The van der Waals surface area contributed by atoms with Crippen LogP contribution in [0.5, 0.6) is 5.75 Å². The molecule has 35 heavy (non-hydrogen) atoms. The van der Waals surface area contributed by atoms with Crippen LogP contribution in [-0.4, -0.2) is 28.4 Å². The van der Waals surface area contributed by atoms with Crippen molar-refractivity contribution in [2.45, 2.75) is 30.4 Å². The van der Waals surface area contributed by atoms with Crippen LogP contribution in [0.2, 0.25) is 0 Å². The zero-order valence-corrected chi connectivity index (χ0v) is 22.1.